The fraction of sp³-hybridized carbons (Fsp3) is 0.286. The smallest absolute Gasteiger partial charge is 0.397 e. The summed E-state index contributed by atoms with van der Waals surface area (Å²) >= 11 is 1.46. The highest BCUT2D eigenvalue weighted by atomic mass is 127. The number of hydrogen-bond acceptors (Lipinski definition) is 2. The minimum absolute atomic E-state index is 0.0897. The van der Waals surface area contributed by atoms with Crippen molar-refractivity contribution in [2.45, 2.75) is 12.6 Å². The van der Waals surface area contributed by atoms with Crippen LogP contribution in [-0.2, 0) is 6.18 Å². The number of hydrogen-bond donors (Lipinski definition) is 1. The fourth-order valence-corrected chi connectivity index (χ4v) is 1.59. The molecule has 0 bridgehead atoms. The number of pyridine rings is 1. The molecule has 0 saturated heterocycles. The fourth-order valence-electron chi connectivity index (χ4n) is 0.897. The van der Waals surface area contributed by atoms with Crippen molar-refractivity contribution in [2.75, 3.05) is 5.73 Å². The van der Waals surface area contributed by atoms with Crippen LogP contribution in [0.25, 0.3) is 0 Å². The molecule has 1 heterocycles. The average Bonchev–Trinajstić information content (AvgIpc) is 2.00. The Bertz CT molecular complexity index is 376. The lowest BCUT2D eigenvalue weighted by atomic mass is 10.2. The molecule has 1 aromatic heterocycles. The van der Waals surface area contributed by atoms with Crippen molar-refractivity contribution < 1.29 is 22.0 Å². The normalized spacial score (nSPS) is 12.2. The van der Waals surface area contributed by atoms with Crippen LogP contribution in [0.2, 0.25) is 0 Å². The summed E-state index contributed by atoms with van der Waals surface area (Å²) in [5, 5.41) is 0. The van der Waals surface area contributed by atoms with Crippen LogP contribution in [0.4, 0.5) is 27.6 Å². The first-order valence-corrected chi connectivity index (χ1v) is 4.62. The Hall–Kier alpha value is -0.670. The van der Waals surface area contributed by atoms with Crippen molar-refractivity contribution in [1.82, 2.24) is 4.98 Å². The van der Waals surface area contributed by atoms with Gasteiger partial charge in [0.1, 0.15) is 5.69 Å². The van der Waals surface area contributed by atoms with Gasteiger partial charge in [-0.3, -0.25) is 0 Å². The number of halogens is 6. The molecule has 0 atom stereocenters. The van der Waals surface area contributed by atoms with E-state index in [-0.39, 0.29) is 3.57 Å². The molecule has 0 aliphatic heterocycles. The lowest BCUT2D eigenvalue weighted by Crippen LogP contribution is -2.14. The first kappa shape index (κ1) is 12.4. The SMILES string of the molecule is Nc1cc(I)c(C(F)F)nc1C(F)(F)F. The molecule has 0 saturated carbocycles. The van der Waals surface area contributed by atoms with Crippen LogP contribution < -0.4 is 5.73 Å². The molecular weight excluding hydrogens is 334 g/mol. The molecule has 0 aliphatic carbocycles. The molecule has 84 valence electrons. The molecule has 0 aliphatic rings. The molecule has 0 unspecified atom stereocenters. The molecule has 0 spiro atoms. The highest BCUT2D eigenvalue weighted by Crippen LogP contribution is 2.35. The van der Waals surface area contributed by atoms with E-state index >= 15 is 0 Å². The predicted molar refractivity (Wildman–Crippen MR) is 51.3 cm³/mol. The summed E-state index contributed by atoms with van der Waals surface area (Å²) in [6, 6.07) is 0.831. The third kappa shape index (κ3) is 2.67. The van der Waals surface area contributed by atoms with E-state index in [9.17, 15) is 22.0 Å². The summed E-state index contributed by atoms with van der Waals surface area (Å²) in [6.45, 7) is 0. The van der Waals surface area contributed by atoms with Crippen molar-refractivity contribution in [1.29, 1.82) is 0 Å². The lowest BCUT2D eigenvalue weighted by molar-refractivity contribution is -0.140. The summed E-state index contributed by atoms with van der Waals surface area (Å²) in [5.41, 5.74) is 2.01. The maximum Gasteiger partial charge on any atom is 0.435 e. The van der Waals surface area contributed by atoms with Gasteiger partial charge in [-0.05, 0) is 28.7 Å². The number of anilines is 1. The predicted octanol–water partition coefficient (Wildman–Crippen LogP) is 3.22. The molecular formula is C7H4F5IN2. The van der Waals surface area contributed by atoms with Gasteiger partial charge in [0.25, 0.3) is 6.43 Å². The first-order chi connectivity index (χ1) is 6.73. The molecule has 0 aromatic carbocycles. The highest BCUT2D eigenvalue weighted by Gasteiger charge is 2.36. The summed E-state index contributed by atoms with van der Waals surface area (Å²) in [4.78, 5) is 2.84. The lowest BCUT2D eigenvalue weighted by Gasteiger charge is -2.11. The average molecular weight is 338 g/mol. The van der Waals surface area contributed by atoms with Crippen LogP contribution in [0.3, 0.4) is 0 Å². The maximum absolute atomic E-state index is 12.3. The van der Waals surface area contributed by atoms with Crippen molar-refractivity contribution in [3.8, 4) is 0 Å². The monoisotopic (exact) mass is 338 g/mol. The van der Waals surface area contributed by atoms with Crippen molar-refractivity contribution in [2.24, 2.45) is 0 Å². The Morgan fingerprint density at radius 3 is 2.27 bits per heavy atom. The van der Waals surface area contributed by atoms with Crippen LogP contribution in [0.5, 0.6) is 0 Å². The zero-order valence-electron chi connectivity index (χ0n) is 6.95. The minimum Gasteiger partial charge on any atom is -0.397 e. The van der Waals surface area contributed by atoms with E-state index in [4.69, 9.17) is 5.73 Å². The van der Waals surface area contributed by atoms with Crippen molar-refractivity contribution in [3.63, 3.8) is 0 Å². The Morgan fingerprint density at radius 1 is 1.33 bits per heavy atom. The third-order valence-electron chi connectivity index (χ3n) is 1.51. The number of rotatable bonds is 1. The Kier molecular flexibility index (Phi) is 3.36. The molecule has 1 rings (SSSR count). The second-order valence-corrected chi connectivity index (χ2v) is 3.75. The van der Waals surface area contributed by atoms with Gasteiger partial charge in [-0.1, -0.05) is 0 Å². The van der Waals surface area contributed by atoms with Gasteiger partial charge < -0.3 is 5.73 Å². The highest BCUT2D eigenvalue weighted by molar-refractivity contribution is 14.1. The van der Waals surface area contributed by atoms with Gasteiger partial charge in [0.05, 0.1) is 5.69 Å². The molecule has 0 radical (unpaired) electrons. The molecule has 8 heteroatoms. The van der Waals surface area contributed by atoms with E-state index < -0.39 is 29.7 Å². The van der Waals surface area contributed by atoms with Gasteiger partial charge in [-0.15, -0.1) is 0 Å². The first-order valence-electron chi connectivity index (χ1n) is 3.54. The number of nitrogens with zero attached hydrogens (tertiary/aromatic N) is 1. The summed E-state index contributed by atoms with van der Waals surface area (Å²) in [7, 11) is 0. The minimum atomic E-state index is -4.82. The summed E-state index contributed by atoms with van der Waals surface area (Å²) in [5.74, 6) is 0. The van der Waals surface area contributed by atoms with Crippen molar-refractivity contribution in [3.05, 3.63) is 21.0 Å². The maximum atomic E-state index is 12.3. The topological polar surface area (TPSA) is 38.9 Å². The van der Waals surface area contributed by atoms with Crippen molar-refractivity contribution >= 4 is 28.3 Å². The quantitative estimate of drug-likeness (QED) is 0.631. The van der Waals surface area contributed by atoms with Gasteiger partial charge in [0, 0.05) is 3.57 Å². The van der Waals surface area contributed by atoms with E-state index in [1.165, 1.54) is 22.6 Å². The van der Waals surface area contributed by atoms with E-state index in [1.54, 1.807) is 0 Å². The van der Waals surface area contributed by atoms with E-state index in [0.717, 1.165) is 6.07 Å². The largest absolute Gasteiger partial charge is 0.435 e. The summed E-state index contributed by atoms with van der Waals surface area (Å²) < 4.78 is 61.1. The molecule has 2 nitrogen and oxygen atoms in total. The van der Waals surface area contributed by atoms with Crippen LogP contribution >= 0.6 is 22.6 Å². The molecule has 0 amide bonds. The Labute approximate surface area is 94.8 Å². The molecule has 2 N–H and O–H groups in total. The second-order valence-electron chi connectivity index (χ2n) is 2.59. The zero-order valence-corrected chi connectivity index (χ0v) is 9.10. The molecule has 1 aromatic rings. The standard InChI is InChI=1S/C7H4F5IN2/c8-6(9)4-2(13)1-3(14)5(15-4)7(10,11)12/h1,6H,14H2. The van der Waals surface area contributed by atoms with Gasteiger partial charge in [0.2, 0.25) is 0 Å². The number of aromatic nitrogens is 1. The Balaban J connectivity index is 3.37. The number of nitrogen functional groups attached to an aromatic ring is 1. The molecule has 15 heavy (non-hydrogen) atoms. The van der Waals surface area contributed by atoms with Gasteiger partial charge >= 0.3 is 6.18 Å². The Morgan fingerprint density at radius 2 is 1.87 bits per heavy atom. The van der Waals surface area contributed by atoms with E-state index in [1.807, 2.05) is 0 Å². The van der Waals surface area contributed by atoms with E-state index in [0.29, 0.717) is 0 Å². The van der Waals surface area contributed by atoms with Gasteiger partial charge in [-0.25, -0.2) is 13.8 Å². The zero-order chi connectivity index (χ0) is 11.8. The van der Waals surface area contributed by atoms with Crippen LogP contribution in [0.1, 0.15) is 17.8 Å². The second kappa shape index (κ2) is 4.06. The number of nitrogens with two attached hydrogens (primary N) is 1. The van der Waals surface area contributed by atoms with Gasteiger partial charge in [-0.2, -0.15) is 13.2 Å². The number of alkyl halides is 5. The van der Waals surface area contributed by atoms with Crippen LogP contribution in [-0.4, -0.2) is 4.98 Å². The van der Waals surface area contributed by atoms with Gasteiger partial charge in [0.15, 0.2) is 5.69 Å². The van der Waals surface area contributed by atoms with Crippen LogP contribution in [0, 0.1) is 3.57 Å². The van der Waals surface area contributed by atoms with Crippen LogP contribution in [0.15, 0.2) is 6.07 Å². The molecule has 0 fully saturated rings. The van der Waals surface area contributed by atoms with E-state index in [2.05, 4.69) is 4.98 Å². The summed E-state index contributed by atoms with van der Waals surface area (Å²) in [6.07, 6.45) is -7.88. The third-order valence-corrected chi connectivity index (χ3v) is 2.37.